The summed E-state index contributed by atoms with van der Waals surface area (Å²) < 4.78 is 51.1. The van der Waals surface area contributed by atoms with E-state index in [0.29, 0.717) is 19.6 Å². The first-order valence-corrected chi connectivity index (χ1v) is 21.2. The molecule has 5 rings (SSSR count). The van der Waals surface area contributed by atoms with Crippen molar-refractivity contribution >= 4 is 90.2 Å². The lowest BCUT2D eigenvalue weighted by molar-refractivity contribution is 0.680. The van der Waals surface area contributed by atoms with Crippen LogP contribution in [0.25, 0.3) is 0 Å². The number of fused-ring (bicyclic) bond motifs is 8. The summed E-state index contributed by atoms with van der Waals surface area (Å²) in [6.07, 6.45) is 6.57. The van der Waals surface area contributed by atoms with Crippen LogP contribution in [0.5, 0.6) is 0 Å². The third-order valence-electron chi connectivity index (χ3n) is 5.78. The molecule has 4 nitrogen and oxygen atoms in total. The highest BCUT2D eigenvalue weighted by Crippen LogP contribution is 2.45. The van der Waals surface area contributed by atoms with Crippen molar-refractivity contribution in [3.8, 4) is 0 Å². The maximum absolute atomic E-state index is 12.8. The zero-order valence-corrected chi connectivity index (χ0v) is 28.4. The lowest BCUT2D eigenvalue weighted by Crippen LogP contribution is -1.99. The van der Waals surface area contributed by atoms with Crippen LogP contribution in [0.3, 0.4) is 0 Å². The fourth-order valence-corrected chi connectivity index (χ4v) is 12.5. The molecular formula is C28H24O4S8. The summed E-state index contributed by atoms with van der Waals surface area (Å²) in [5.74, 6) is 0. The zero-order valence-electron chi connectivity index (χ0n) is 21.8. The minimum Gasteiger partial charge on any atom is -0.255 e. The van der Waals surface area contributed by atoms with E-state index in [1.54, 1.807) is 25.0 Å². The normalized spacial score (nSPS) is 16.1. The molecule has 12 heteroatoms. The van der Waals surface area contributed by atoms with E-state index in [1.165, 1.54) is 47.0 Å². The van der Waals surface area contributed by atoms with Crippen molar-refractivity contribution in [1.82, 2.24) is 0 Å². The lowest BCUT2D eigenvalue weighted by Gasteiger charge is -2.16. The second-order valence-corrected chi connectivity index (χ2v) is 18.5. The Morgan fingerprint density at radius 1 is 0.400 bits per heavy atom. The third kappa shape index (κ3) is 6.91. The van der Waals surface area contributed by atoms with Crippen molar-refractivity contribution in [2.45, 2.75) is 58.7 Å². The molecule has 208 valence electrons. The summed E-state index contributed by atoms with van der Waals surface area (Å²) in [7, 11) is -5.10. The quantitative estimate of drug-likeness (QED) is 0.193. The van der Waals surface area contributed by atoms with Crippen LogP contribution < -0.4 is 0 Å². The average molecular weight is 681 g/mol. The van der Waals surface area contributed by atoms with Crippen LogP contribution in [-0.4, -0.2) is 41.9 Å². The molecule has 40 heavy (non-hydrogen) atoms. The highest BCUT2D eigenvalue weighted by atomic mass is 32.2. The maximum Gasteiger partial charge on any atom is 0.0537 e. The smallest absolute Gasteiger partial charge is 0.0537 e. The number of rotatable bonds is 4. The van der Waals surface area contributed by atoms with E-state index >= 15 is 0 Å². The van der Waals surface area contributed by atoms with E-state index in [0.717, 1.165) is 39.2 Å². The van der Waals surface area contributed by atoms with Gasteiger partial charge < -0.3 is 0 Å². The van der Waals surface area contributed by atoms with Crippen LogP contribution in [0.15, 0.2) is 132 Å². The Kier molecular flexibility index (Phi) is 9.88. The molecule has 0 spiro atoms. The van der Waals surface area contributed by atoms with Crippen molar-refractivity contribution in [2.24, 2.45) is 0 Å². The Hall–Kier alpha value is -1.12. The maximum atomic E-state index is 12.8. The molecule has 1 heterocycles. The molecule has 0 fully saturated rings. The molecule has 4 aromatic rings. The summed E-state index contributed by atoms with van der Waals surface area (Å²) in [4.78, 5) is 9.88. The predicted molar refractivity (Wildman–Crippen MR) is 172 cm³/mol. The topological polar surface area (TPSA) is 68.3 Å². The van der Waals surface area contributed by atoms with E-state index in [2.05, 4.69) is 12.1 Å². The molecule has 4 atom stereocenters. The molecule has 0 radical (unpaired) electrons. The molecule has 1 aliphatic rings. The molecule has 0 aromatic heterocycles. The minimum absolute atomic E-state index is 0.652. The van der Waals surface area contributed by atoms with E-state index < -0.39 is 43.2 Å². The van der Waals surface area contributed by atoms with Crippen molar-refractivity contribution in [3.63, 3.8) is 0 Å². The fourth-order valence-electron chi connectivity index (χ4n) is 3.97. The van der Waals surface area contributed by atoms with Crippen LogP contribution in [0.2, 0.25) is 0 Å². The second-order valence-electron chi connectivity index (χ2n) is 8.67. The molecule has 0 N–H and O–H groups in total. The predicted octanol–water partition coefficient (Wildman–Crippen LogP) is 7.55. The number of hydrogen-bond donors (Lipinski definition) is 0. The van der Waals surface area contributed by atoms with Gasteiger partial charge in [-0.2, -0.15) is 0 Å². The molecule has 8 bridgehead atoms. The molecule has 0 saturated heterocycles. The van der Waals surface area contributed by atoms with Gasteiger partial charge in [-0.05, 0) is 60.7 Å². The first-order valence-electron chi connectivity index (χ1n) is 11.7. The van der Waals surface area contributed by atoms with Gasteiger partial charge in [0.2, 0.25) is 0 Å². The summed E-state index contributed by atoms with van der Waals surface area (Å²) in [6.45, 7) is 0. The molecule has 1 aliphatic heterocycles. The van der Waals surface area contributed by atoms with E-state index in [1.807, 2.05) is 60.7 Å². The zero-order chi connectivity index (χ0) is 28.6. The van der Waals surface area contributed by atoms with Gasteiger partial charge in [0.25, 0.3) is 0 Å². The van der Waals surface area contributed by atoms with Crippen molar-refractivity contribution < 1.29 is 16.8 Å². The Morgan fingerprint density at radius 3 is 0.875 bits per heavy atom. The summed E-state index contributed by atoms with van der Waals surface area (Å²) in [5.41, 5.74) is 0. The monoisotopic (exact) mass is 680 g/mol. The Balaban J connectivity index is 1.75. The van der Waals surface area contributed by atoms with E-state index in [9.17, 15) is 16.8 Å². The summed E-state index contributed by atoms with van der Waals surface area (Å²) in [6, 6.07) is 23.7. The van der Waals surface area contributed by atoms with Crippen LogP contribution in [0.4, 0.5) is 0 Å². The average Bonchev–Trinajstić information content (AvgIpc) is 2.88. The highest BCUT2D eigenvalue weighted by molar-refractivity contribution is 8.02. The number of hydrogen-bond acceptors (Lipinski definition) is 8. The van der Waals surface area contributed by atoms with E-state index in [-0.39, 0.29) is 0 Å². The van der Waals surface area contributed by atoms with Crippen molar-refractivity contribution in [3.05, 3.63) is 72.8 Å². The minimum atomic E-state index is -1.27. The van der Waals surface area contributed by atoms with Gasteiger partial charge in [-0.15, -0.1) is 0 Å². The van der Waals surface area contributed by atoms with Crippen LogP contribution >= 0.6 is 47.0 Å². The van der Waals surface area contributed by atoms with Gasteiger partial charge >= 0.3 is 0 Å². The van der Waals surface area contributed by atoms with Gasteiger partial charge in [-0.1, -0.05) is 59.2 Å². The van der Waals surface area contributed by atoms with E-state index in [4.69, 9.17) is 0 Å². The SMILES string of the molecule is CS(=O)c1cc(S(C)=O)c2cc1Sc1cccc(c1)Sc1cc(c(S(C)=O)cc1S(C)=O)Sc1cccc(c1)S2. The Labute approximate surface area is 261 Å². The largest absolute Gasteiger partial charge is 0.255 e. The second kappa shape index (κ2) is 13.0. The Morgan fingerprint density at radius 2 is 0.650 bits per heavy atom. The van der Waals surface area contributed by atoms with Gasteiger partial charge in [-0.25, -0.2) is 0 Å². The fraction of sp³-hybridized carbons (Fsp3) is 0.143. The van der Waals surface area contributed by atoms with Crippen molar-refractivity contribution in [2.75, 3.05) is 25.0 Å². The first kappa shape index (κ1) is 30.3. The molecule has 0 saturated carbocycles. The van der Waals surface area contributed by atoms with Gasteiger partial charge in [0, 0.05) is 64.2 Å². The third-order valence-corrected chi connectivity index (χ3v) is 14.3. The van der Waals surface area contributed by atoms with Crippen LogP contribution in [0, 0.1) is 0 Å². The number of benzene rings is 4. The van der Waals surface area contributed by atoms with Gasteiger partial charge in [0.05, 0.1) is 62.8 Å². The van der Waals surface area contributed by atoms with Crippen molar-refractivity contribution in [1.29, 1.82) is 0 Å². The molecule has 4 aromatic carbocycles. The highest BCUT2D eigenvalue weighted by Gasteiger charge is 2.20. The first-order chi connectivity index (χ1) is 19.1. The van der Waals surface area contributed by atoms with Gasteiger partial charge in [0.1, 0.15) is 0 Å². The Bertz CT molecular complexity index is 1500. The standard InChI is InChI=1S/C28H24O4S8/c1-37(29)25-15-26(38(2)30)22-13-21(25)33-17-7-5-8-18(11-17)35-23-14-24(28(40(4)32)16-27(23)39(3)31)36-20-10-6-9-19(12-20)34-22/h5-16H,1-4H3. The summed E-state index contributed by atoms with van der Waals surface area (Å²) in [5, 5.41) is 0. The molecular weight excluding hydrogens is 657 g/mol. The van der Waals surface area contributed by atoms with Gasteiger partial charge in [0.15, 0.2) is 0 Å². The summed E-state index contributed by atoms with van der Waals surface area (Å²) >= 11 is 6.08. The molecule has 0 amide bonds. The molecule has 0 aliphatic carbocycles. The van der Waals surface area contributed by atoms with Crippen LogP contribution in [0.1, 0.15) is 0 Å². The molecule has 4 unspecified atom stereocenters. The lowest BCUT2D eigenvalue weighted by atomic mass is 10.3. The van der Waals surface area contributed by atoms with Gasteiger partial charge in [-0.3, -0.25) is 16.8 Å². The van der Waals surface area contributed by atoms with Crippen LogP contribution in [-0.2, 0) is 43.2 Å².